The Hall–Kier alpha value is -1.18. The Kier molecular flexibility index (Phi) is 6.31. The quantitative estimate of drug-likeness (QED) is 0.442. The van der Waals surface area contributed by atoms with E-state index in [0.717, 1.165) is 0 Å². The van der Waals surface area contributed by atoms with Crippen LogP contribution < -0.4 is 0 Å². The molecule has 0 saturated heterocycles. The molecule has 31 heavy (non-hydrogen) atoms. The first kappa shape index (κ1) is 24.5. The van der Waals surface area contributed by atoms with Crippen LogP contribution in [0.25, 0.3) is 0 Å². The van der Waals surface area contributed by atoms with E-state index in [4.69, 9.17) is 14.2 Å². The Balaban J connectivity index is 1.59. The fraction of sp³-hybridized carbons (Fsp3) is 0.917. The van der Waals surface area contributed by atoms with Crippen molar-refractivity contribution in [3.05, 3.63) is 0 Å². The van der Waals surface area contributed by atoms with Crippen molar-refractivity contribution in [3.8, 4) is 0 Å². The molecule has 4 rings (SSSR count). The molecular weight excluding hydrogens is 400 g/mol. The van der Waals surface area contributed by atoms with Crippen LogP contribution >= 0.6 is 0 Å². The van der Waals surface area contributed by atoms with E-state index >= 15 is 0 Å². The van der Waals surface area contributed by atoms with E-state index in [0.29, 0.717) is 38.5 Å². The summed E-state index contributed by atoms with van der Waals surface area (Å²) in [5.74, 6) is -0.912. The molecule has 4 aliphatic rings. The number of esters is 2. The van der Waals surface area contributed by atoms with E-state index in [-0.39, 0.29) is 43.0 Å². The molecule has 5 unspecified atom stereocenters. The minimum atomic E-state index is -1.03. The minimum absolute atomic E-state index is 0.0763. The zero-order valence-corrected chi connectivity index (χ0v) is 20.0. The topological polar surface area (TPSA) is 102 Å². The lowest BCUT2D eigenvalue weighted by Crippen LogP contribution is -2.74. The molecule has 178 valence electrons. The maximum atomic E-state index is 12.7. The van der Waals surface area contributed by atoms with Crippen LogP contribution in [0.3, 0.4) is 0 Å². The summed E-state index contributed by atoms with van der Waals surface area (Å²) in [6.45, 7) is 11.7. The molecule has 7 nitrogen and oxygen atoms in total. The smallest absolute Gasteiger partial charge is 0.332 e. The molecule has 0 amide bonds. The molecular formula is C24H40O7. The van der Waals surface area contributed by atoms with Gasteiger partial charge in [-0.2, -0.15) is 0 Å². The summed E-state index contributed by atoms with van der Waals surface area (Å²) < 4.78 is 16.6. The summed E-state index contributed by atoms with van der Waals surface area (Å²) in [5.41, 5.74) is -3.74. The number of carbonyl (C=O) groups excluding carboxylic acids is 2. The highest BCUT2D eigenvalue weighted by Crippen LogP contribution is 2.66. The maximum Gasteiger partial charge on any atom is 0.332 e. The molecule has 7 heteroatoms. The molecule has 0 aliphatic heterocycles. The molecule has 0 heterocycles. The third-order valence-corrected chi connectivity index (χ3v) is 7.57. The van der Waals surface area contributed by atoms with Crippen LogP contribution in [0.15, 0.2) is 0 Å². The van der Waals surface area contributed by atoms with Crippen molar-refractivity contribution in [2.24, 2.45) is 22.7 Å². The van der Waals surface area contributed by atoms with Gasteiger partial charge < -0.3 is 24.4 Å². The first-order valence-electron chi connectivity index (χ1n) is 11.6. The van der Waals surface area contributed by atoms with Crippen molar-refractivity contribution in [1.82, 2.24) is 0 Å². The average molecular weight is 441 g/mol. The fourth-order valence-electron chi connectivity index (χ4n) is 6.83. The van der Waals surface area contributed by atoms with E-state index in [1.165, 1.54) is 0 Å². The third kappa shape index (κ3) is 4.79. The lowest BCUT2D eigenvalue weighted by atomic mass is 9.42. The second kappa shape index (κ2) is 7.99. The third-order valence-electron chi connectivity index (χ3n) is 7.57. The molecule has 2 N–H and O–H groups in total. The normalized spacial score (nSPS) is 37.0. The number of ether oxygens (including phenoxy) is 3. The second-order valence-corrected chi connectivity index (χ2v) is 11.9. The lowest BCUT2D eigenvalue weighted by molar-refractivity contribution is -0.312. The van der Waals surface area contributed by atoms with Crippen LogP contribution in [0.5, 0.6) is 0 Å². The van der Waals surface area contributed by atoms with Crippen molar-refractivity contribution < 1.29 is 34.0 Å². The van der Waals surface area contributed by atoms with Gasteiger partial charge in [0.2, 0.25) is 0 Å². The molecule has 5 atom stereocenters. The van der Waals surface area contributed by atoms with Crippen LogP contribution in [0, 0.1) is 22.7 Å². The Morgan fingerprint density at radius 3 is 2.26 bits per heavy atom. The first-order valence-corrected chi connectivity index (χ1v) is 11.6. The summed E-state index contributed by atoms with van der Waals surface area (Å²) >= 11 is 0. The van der Waals surface area contributed by atoms with Crippen molar-refractivity contribution in [2.75, 3.05) is 19.8 Å². The van der Waals surface area contributed by atoms with Gasteiger partial charge in [-0.15, -0.1) is 0 Å². The van der Waals surface area contributed by atoms with Gasteiger partial charge in [0.15, 0.2) is 0 Å². The summed E-state index contributed by atoms with van der Waals surface area (Å²) in [4.78, 5) is 24.7. The lowest BCUT2D eigenvalue weighted by Gasteiger charge is -2.68. The van der Waals surface area contributed by atoms with E-state index in [9.17, 15) is 19.8 Å². The largest absolute Gasteiger partial charge is 0.463 e. The van der Waals surface area contributed by atoms with Crippen LogP contribution in [0.2, 0.25) is 0 Å². The Bertz CT molecular complexity index is 711. The Morgan fingerprint density at radius 1 is 1.00 bits per heavy atom. The van der Waals surface area contributed by atoms with Crippen molar-refractivity contribution in [3.63, 3.8) is 0 Å². The standard InChI is InChI=1S/C24H40O7/c1-7-21(5,6)19(26)30-9-8-29-13-17(25)31-24-12-16-10-22(27,15-24)14-23(28,11-16)18(24)20(2,3)4/h16,18,27-28H,7-15H2,1-6H3. The van der Waals surface area contributed by atoms with Gasteiger partial charge in [-0.05, 0) is 50.9 Å². The fourth-order valence-corrected chi connectivity index (χ4v) is 6.83. The minimum Gasteiger partial charge on any atom is -0.463 e. The van der Waals surface area contributed by atoms with E-state index in [2.05, 4.69) is 20.8 Å². The molecule has 0 spiro atoms. The molecule has 0 radical (unpaired) electrons. The van der Waals surface area contributed by atoms with Gasteiger partial charge in [-0.1, -0.05) is 27.7 Å². The Labute approximate surface area is 185 Å². The van der Waals surface area contributed by atoms with Gasteiger partial charge in [-0.25, -0.2) is 4.79 Å². The number of aliphatic hydroxyl groups is 2. The number of hydrogen-bond donors (Lipinski definition) is 2. The molecule has 4 aliphatic carbocycles. The summed E-state index contributed by atoms with van der Waals surface area (Å²) in [6, 6.07) is 0. The molecule has 0 aromatic heterocycles. The highest BCUT2D eigenvalue weighted by atomic mass is 16.6. The second-order valence-electron chi connectivity index (χ2n) is 11.9. The van der Waals surface area contributed by atoms with Crippen LogP contribution in [-0.2, 0) is 23.8 Å². The molecule has 4 fully saturated rings. The Morgan fingerprint density at radius 2 is 1.68 bits per heavy atom. The van der Waals surface area contributed by atoms with Gasteiger partial charge in [0.05, 0.1) is 23.2 Å². The van der Waals surface area contributed by atoms with Gasteiger partial charge in [-0.3, -0.25) is 4.79 Å². The van der Waals surface area contributed by atoms with Crippen molar-refractivity contribution >= 4 is 11.9 Å². The molecule has 4 saturated carbocycles. The summed E-state index contributed by atoms with van der Waals surface area (Å²) in [7, 11) is 0. The predicted molar refractivity (Wildman–Crippen MR) is 114 cm³/mol. The summed E-state index contributed by atoms with van der Waals surface area (Å²) in [6.07, 6.45) is 3.34. The van der Waals surface area contributed by atoms with Crippen molar-refractivity contribution in [2.45, 2.75) is 96.9 Å². The first-order chi connectivity index (χ1) is 14.1. The zero-order chi connectivity index (χ0) is 23.3. The van der Waals surface area contributed by atoms with E-state index in [1.54, 1.807) is 0 Å². The van der Waals surface area contributed by atoms with Crippen molar-refractivity contribution in [1.29, 1.82) is 0 Å². The highest BCUT2D eigenvalue weighted by Gasteiger charge is 2.71. The van der Waals surface area contributed by atoms with Gasteiger partial charge in [0.25, 0.3) is 0 Å². The predicted octanol–water partition coefficient (Wildman–Crippen LogP) is 3.00. The van der Waals surface area contributed by atoms with E-state index < -0.39 is 28.2 Å². The van der Waals surface area contributed by atoms with Crippen LogP contribution in [0.4, 0.5) is 0 Å². The van der Waals surface area contributed by atoms with Gasteiger partial charge >= 0.3 is 11.9 Å². The van der Waals surface area contributed by atoms with Gasteiger partial charge in [0.1, 0.15) is 18.8 Å². The number of carbonyl (C=O) groups is 2. The molecule has 0 aromatic rings. The molecule has 0 aromatic carbocycles. The highest BCUT2D eigenvalue weighted by molar-refractivity contribution is 5.75. The van der Waals surface area contributed by atoms with Crippen LogP contribution in [-0.4, -0.2) is 58.8 Å². The number of rotatable bonds is 8. The zero-order valence-electron chi connectivity index (χ0n) is 20.0. The average Bonchev–Trinajstić information content (AvgIpc) is 2.56. The SMILES string of the molecule is CCC(C)(C)C(=O)OCCOCC(=O)OC12CC3CC(O)(CC(O)(C3)C1C(C)(C)C)C2. The van der Waals surface area contributed by atoms with Crippen LogP contribution in [0.1, 0.15) is 80.1 Å². The monoisotopic (exact) mass is 440 g/mol. The summed E-state index contributed by atoms with van der Waals surface area (Å²) in [5, 5.41) is 22.6. The van der Waals surface area contributed by atoms with E-state index in [1.807, 2.05) is 20.8 Å². The maximum absolute atomic E-state index is 12.7. The molecule has 4 bridgehead atoms. The van der Waals surface area contributed by atoms with Gasteiger partial charge in [0, 0.05) is 18.8 Å². The number of hydrogen-bond acceptors (Lipinski definition) is 7.